The van der Waals surface area contributed by atoms with Crippen molar-refractivity contribution < 1.29 is 0 Å². The molecular weight excluding hydrogens is 90.1 g/mol. The van der Waals surface area contributed by atoms with Crippen molar-refractivity contribution >= 4 is 5.71 Å². The van der Waals surface area contributed by atoms with Crippen LogP contribution in [0.3, 0.4) is 0 Å². The second kappa shape index (κ2) is 1.93. The smallest absolute Gasteiger partial charge is 0.0532 e. The molecule has 1 heterocycles. The Labute approximate surface area is 42.6 Å². The molecule has 1 aliphatic rings. The van der Waals surface area contributed by atoms with Crippen molar-refractivity contribution in [1.29, 1.82) is 0 Å². The molecule has 0 amide bonds. The highest BCUT2D eigenvalue weighted by Gasteiger charge is 2.00. The molecule has 0 spiro atoms. The lowest BCUT2D eigenvalue weighted by Crippen LogP contribution is -2.10. The van der Waals surface area contributed by atoms with Crippen LogP contribution in [-0.4, -0.2) is 18.8 Å². The Balaban J connectivity index is 2.36. The lowest BCUT2D eigenvalue weighted by Gasteiger charge is -1.84. The summed E-state index contributed by atoms with van der Waals surface area (Å²) in [6.45, 7) is 1.57. The third kappa shape index (κ3) is 0.899. The minimum Gasteiger partial charge on any atom is -0.325 e. The minimum absolute atomic E-state index is 0.604. The molecule has 0 radical (unpaired) electrons. The topological polar surface area (TPSA) is 50.4 Å². The van der Waals surface area contributed by atoms with Crippen molar-refractivity contribution in [1.82, 2.24) is 5.43 Å². The quantitative estimate of drug-likeness (QED) is 0.456. The summed E-state index contributed by atoms with van der Waals surface area (Å²) < 4.78 is 0. The van der Waals surface area contributed by atoms with Crippen molar-refractivity contribution in [2.75, 3.05) is 13.1 Å². The third-order valence-electron chi connectivity index (χ3n) is 0.998. The largest absolute Gasteiger partial charge is 0.325 e. The Morgan fingerprint density at radius 1 is 1.86 bits per heavy atom. The standard InChI is InChI=1S/C4H9N3/c5-3-4-1-2-6-7-4/h6H,1-3,5H2. The maximum absolute atomic E-state index is 5.26. The molecule has 1 rings (SSSR count). The monoisotopic (exact) mass is 99.1 g/mol. The Hall–Kier alpha value is -0.570. The van der Waals surface area contributed by atoms with Gasteiger partial charge in [0.05, 0.1) is 5.71 Å². The van der Waals surface area contributed by atoms with E-state index in [2.05, 4.69) is 10.5 Å². The highest BCUT2D eigenvalue weighted by atomic mass is 15.3. The highest BCUT2D eigenvalue weighted by Crippen LogP contribution is 1.88. The summed E-state index contributed by atoms with van der Waals surface area (Å²) in [4.78, 5) is 0. The summed E-state index contributed by atoms with van der Waals surface area (Å²) in [6.07, 6.45) is 1.02. The minimum atomic E-state index is 0.604. The van der Waals surface area contributed by atoms with Gasteiger partial charge in [-0.1, -0.05) is 0 Å². The maximum Gasteiger partial charge on any atom is 0.0532 e. The molecule has 0 aromatic carbocycles. The SMILES string of the molecule is NCC1=NNCC1. The Morgan fingerprint density at radius 3 is 3.00 bits per heavy atom. The molecule has 0 aromatic heterocycles. The van der Waals surface area contributed by atoms with E-state index in [1.807, 2.05) is 0 Å². The molecule has 3 nitrogen and oxygen atoms in total. The van der Waals surface area contributed by atoms with Gasteiger partial charge in [-0.25, -0.2) is 0 Å². The van der Waals surface area contributed by atoms with Crippen LogP contribution in [0, 0.1) is 0 Å². The zero-order valence-corrected chi connectivity index (χ0v) is 4.15. The van der Waals surface area contributed by atoms with E-state index >= 15 is 0 Å². The van der Waals surface area contributed by atoms with Crippen LogP contribution in [0.1, 0.15) is 6.42 Å². The van der Waals surface area contributed by atoms with Crippen LogP contribution in [0.25, 0.3) is 0 Å². The van der Waals surface area contributed by atoms with Gasteiger partial charge in [-0.2, -0.15) is 5.10 Å². The number of hydrogen-bond acceptors (Lipinski definition) is 3. The first-order valence-corrected chi connectivity index (χ1v) is 2.42. The predicted molar refractivity (Wildman–Crippen MR) is 29.1 cm³/mol. The summed E-state index contributed by atoms with van der Waals surface area (Å²) in [5, 5.41) is 3.90. The average molecular weight is 99.1 g/mol. The van der Waals surface area contributed by atoms with E-state index < -0.39 is 0 Å². The Kier molecular flexibility index (Phi) is 1.26. The van der Waals surface area contributed by atoms with Gasteiger partial charge in [0.2, 0.25) is 0 Å². The van der Waals surface area contributed by atoms with Crippen molar-refractivity contribution in [2.24, 2.45) is 10.8 Å². The molecule has 0 unspecified atom stereocenters. The maximum atomic E-state index is 5.26. The fraction of sp³-hybridized carbons (Fsp3) is 0.750. The van der Waals surface area contributed by atoms with E-state index in [1.54, 1.807) is 0 Å². The fourth-order valence-corrected chi connectivity index (χ4v) is 0.572. The summed E-state index contributed by atoms with van der Waals surface area (Å²) in [5.74, 6) is 0. The van der Waals surface area contributed by atoms with Crippen LogP contribution in [-0.2, 0) is 0 Å². The molecule has 0 saturated heterocycles. The number of nitrogens with two attached hydrogens (primary N) is 1. The van der Waals surface area contributed by atoms with Crippen molar-refractivity contribution in [3.63, 3.8) is 0 Å². The van der Waals surface area contributed by atoms with Gasteiger partial charge in [-0.05, 0) is 0 Å². The molecule has 0 aromatic rings. The number of nitrogens with one attached hydrogen (secondary N) is 1. The van der Waals surface area contributed by atoms with E-state index in [1.165, 1.54) is 0 Å². The van der Waals surface area contributed by atoms with Crippen LogP contribution in [0.4, 0.5) is 0 Å². The van der Waals surface area contributed by atoms with Crippen LogP contribution >= 0.6 is 0 Å². The van der Waals surface area contributed by atoms with Crippen LogP contribution in [0.2, 0.25) is 0 Å². The highest BCUT2D eigenvalue weighted by molar-refractivity contribution is 5.87. The van der Waals surface area contributed by atoms with Gasteiger partial charge in [0.25, 0.3) is 0 Å². The van der Waals surface area contributed by atoms with E-state index in [9.17, 15) is 0 Å². The van der Waals surface area contributed by atoms with E-state index in [0.717, 1.165) is 18.7 Å². The van der Waals surface area contributed by atoms with Crippen LogP contribution in [0.5, 0.6) is 0 Å². The van der Waals surface area contributed by atoms with Crippen molar-refractivity contribution in [2.45, 2.75) is 6.42 Å². The zero-order valence-electron chi connectivity index (χ0n) is 4.15. The Bertz CT molecular complexity index is 86.9. The number of rotatable bonds is 1. The molecule has 40 valence electrons. The van der Waals surface area contributed by atoms with Crippen LogP contribution < -0.4 is 11.2 Å². The first kappa shape index (κ1) is 4.59. The Morgan fingerprint density at radius 2 is 2.71 bits per heavy atom. The lowest BCUT2D eigenvalue weighted by atomic mass is 10.3. The lowest BCUT2D eigenvalue weighted by molar-refractivity contribution is 0.813. The van der Waals surface area contributed by atoms with E-state index in [4.69, 9.17) is 5.73 Å². The molecule has 0 bridgehead atoms. The summed E-state index contributed by atoms with van der Waals surface area (Å²) in [5.41, 5.74) is 9.18. The molecule has 0 atom stereocenters. The van der Waals surface area contributed by atoms with Crippen LogP contribution in [0.15, 0.2) is 5.10 Å². The number of nitrogens with zero attached hydrogens (tertiary/aromatic N) is 1. The fourth-order valence-electron chi connectivity index (χ4n) is 0.572. The molecule has 0 aliphatic carbocycles. The van der Waals surface area contributed by atoms with Gasteiger partial charge >= 0.3 is 0 Å². The third-order valence-corrected chi connectivity index (χ3v) is 0.998. The zero-order chi connectivity index (χ0) is 5.11. The second-order valence-electron chi connectivity index (χ2n) is 1.54. The summed E-state index contributed by atoms with van der Waals surface area (Å²) in [6, 6.07) is 0. The van der Waals surface area contributed by atoms with Crippen molar-refractivity contribution in [3.05, 3.63) is 0 Å². The van der Waals surface area contributed by atoms with Gasteiger partial charge in [-0.15, -0.1) is 0 Å². The molecule has 7 heavy (non-hydrogen) atoms. The number of hydrazone groups is 1. The molecular formula is C4H9N3. The van der Waals surface area contributed by atoms with Gasteiger partial charge in [-0.3, -0.25) is 0 Å². The van der Waals surface area contributed by atoms with E-state index in [0.29, 0.717) is 6.54 Å². The van der Waals surface area contributed by atoms with Gasteiger partial charge in [0.15, 0.2) is 0 Å². The average Bonchev–Trinajstić information content (AvgIpc) is 2.14. The van der Waals surface area contributed by atoms with Gasteiger partial charge < -0.3 is 11.2 Å². The normalized spacial score (nSPS) is 18.7. The van der Waals surface area contributed by atoms with Crippen molar-refractivity contribution in [3.8, 4) is 0 Å². The summed E-state index contributed by atoms with van der Waals surface area (Å²) in [7, 11) is 0. The van der Waals surface area contributed by atoms with Gasteiger partial charge in [0.1, 0.15) is 0 Å². The molecule has 3 heteroatoms. The predicted octanol–water partition coefficient (Wildman–Crippen LogP) is -0.706. The first-order valence-electron chi connectivity index (χ1n) is 2.42. The molecule has 0 saturated carbocycles. The van der Waals surface area contributed by atoms with E-state index in [-0.39, 0.29) is 0 Å². The summed E-state index contributed by atoms with van der Waals surface area (Å²) >= 11 is 0. The number of hydrogen-bond donors (Lipinski definition) is 2. The van der Waals surface area contributed by atoms with Gasteiger partial charge in [0, 0.05) is 19.5 Å². The molecule has 0 fully saturated rings. The molecule has 3 N–H and O–H groups in total. The first-order chi connectivity index (χ1) is 3.43. The molecule has 1 aliphatic heterocycles. The second-order valence-corrected chi connectivity index (χ2v) is 1.54.